The van der Waals surface area contributed by atoms with Crippen molar-refractivity contribution >= 4 is 91.1 Å². The number of nitrogens with two attached hydrogens (primary N) is 6. The summed E-state index contributed by atoms with van der Waals surface area (Å²) < 4.78 is 39.7. The number of phenolic OH excluding ortho intramolecular Hbond substituents is 3. The summed E-state index contributed by atoms with van der Waals surface area (Å²) in [5.41, 5.74) is 51.1. The zero-order chi connectivity index (χ0) is 77.6. The number of para-hydroxylation sites is 1. The Kier molecular flexibility index (Phi) is 29.9. The quantitative estimate of drug-likeness (QED) is 0.00972. The number of phenols is 3. The number of aromatic nitrogens is 9. The molecule has 0 fully saturated rings. The van der Waals surface area contributed by atoms with E-state index in [1.165, 1.54) is 22.8 Å². The van der Waals surface area contributed by atoms with Crippen molar-refractivity contribution in [3.05, 3.63) is 171 Å². The smallest absolute Gasteiger partial charge is 0.508 e. The van der Waals surface area contributed by atoms with E-state index in [0.717, 1.165) is 211 Å². The van der Waals surface area contributed by atoms with Crippen LogP contribution in [-0.2, 0) is 76.9 Å². The van der Waals surface area contributed by atoms with E-state index >= 15 is 0 Å². The molecule has 0 amide bonds. The average Bonchev–Trinajstić information content (AvgIpc) is 1.62. The Balaban J connectivity index is 0.000000175. The third kappa shape index (κ3) is 21.5. The predicted octanol–water partition coefficient (Wildman–Crippen LogP) is 13.8. The van der Waals surface area contributed by atoms with Crippen LogP contribution in [0.3, 0.4) is 0 Å². The Hall–Kier alpha value is -9.53. The van der Waals surface area contributed by atoms with Crippen LogP contribution in [0.2, 0.25) is 0 Å². The molecular formula is C83H110N15O10P. The van der Waals surface area contributed by atoms with Gasteiger partial charge in [0.25, 0.3) is 0 Å². The molecule has 0 aliphatic heterocycles. The highest BCUT2D eigenvalue weighted by Gasteiger charge is 2.24. The normalized spacial score (nSPS) is 11.8. The van der Waals surface area contributed by atoms with Crippen molar-refractivity contribution in [3.8, 4) is 23.0 Å². The van der Waals surface area contributed by atoms with Crippen molar-refractivity contribution < 1.29 is 48.4 Å². The van der Waals surface area contributed by atoms with Crippen LogP contribution in [0.15, 0.2) is 109 Å². The van der Waals surface area contributed by atoms with E-state index in [2.05, 4.69) is 91.9 Å². The molecule has 12 aromatic rings. The summed E-state index contributed by atoms with van der Waals surface area (Å²) in [6, 6.07) is 35.0. The largest absolute Gasteiger partial charge is 0.524 e. The molecule has 25 nitrogen and oxygen atoms in total. The van der Waals surface area contributed by atoms with Crippen LogP contribution >= 0.6 is 7.82 Å². The van der Waals surface area contributed by atoms with E-state index in [0.29, 0.717) is 118 Å². The molecule has 26 heteroatoms. The molecule has 12 rings (SSSR count). The van der Waals surface area contributed by atoms with E-state index < -0.39 is 7.82 Å². The number of aromatic hydroxyl groups is 3. The second-order valence-corrected chi connectivity index (χ2v) is 29.1. The third-order valence-electron chi connectivity index (χ3n) is 19.4. The molecule has 0 unspecified atom stereocenters. The fraction of sp³-hybridized carbons (Fsp3) is 0.422. The lowest BCUT2D eigenvalue weighted by atomic mass is 10.1. The fourth-order valence-electron chi connectivity index (χ4n) is 13.7. The zero-order valence-electron chi connectivity index (χ0n) is 63.8. The van der Waals surface area contributed by atoms with Gasteiger partial charge in [-0.3, -0.25) is 9.79 Å². The maximum Gasteiger partial charge on any atom is 0.524 e. The van der Waals surface area contributed by atoms with Gasteiger partial charge in [0.05, 0.1) is 39.6 Å². The number of imidazole rings is 3. The van der Waals surface area contributed by atoms with Crippen LogP contribution in [0.1, 0.15) is 160 Å². The summed E-state index contributed by atoms with van der Waals surface area (Å²) in [5.74, 6) is 4.32. The Labute approximate surface area is 637 Å². The highest BCUT2D eigenvalue weighted by atomic mass is 31.2. The maximum atomic E-state index is 11.3. The predicted molar refractivity (Wildman–Crippen MR) is 436 cm³/mol. The van der Waals surface area contributed by atoms with Crippen molar-refractivity contribution in [2.75, 3.05) is 76.5 Å². The SMILES string of the molecule is CCCCc1nc2c(N)nc3ccc(CCCOCCCN)cc3c2n1Cc1ccc(O)c(C)c1.CCCCc1nc2c(N)nc3ccc(CCCOCCCN)cc3c2n1Cc1ccc(OP(=O)(O)O)c(C)c1.CCCCc1nc2c(N)nc3ccc(CCCOCCCN)cc3c2n1Cc1cccc(O)c1O. The molecule has 0 bridgehead atoms. The number of anilines is 3. The highest BCUT2D eigenvalue weighted by Crippen LogP contribution is 2.41. The molecule has 0 spiro atoms. The van der Waals surface area contributed by atoms with Gasteiger partial charge in [0.15, 0.2) is 29.0 Å². The van der Waals surface area contributed by atoms with E-state index in [1.807, 2.05) is 49.4 Å². The summed E-state index contributed by atoms with van der Waals surface area (Å²) in [6.45, 7) is 17.9. The van der Waals surface area contributed by atoms with Crippen LogP contribution in [0.4, 0.5) is 17.5 Å². The number of nitrogen functional groups attached to an aromatic ring is 3. The molecule has 6 heterocycles. The Bertz CT molecular complexity index is 5080. The van der Waals surface area contributed by atoms with E-state index in [1.54, 1.807) is 25.1 Å². The standard InChI is InChI=1S/C28H38N5O5P.C28H37N5O2.C27H35N5O3/c1-3-4-8-25-32-26-27(33(25)18-21-10-12-24(19(2)16-21)38-39(34,35)36)22-17-20(7-5-14-37-15-6-13-29)9-11-23(22)31-28(26)30;1-3-4-8-25-32-26-27(33(25)18-21-10-12-24(34)19(2)16-21)22-17-20(7-5-14-35-15-6-13-29)9-11-23(22)31-28(26)30;1-2-3-10-23-31-24-25(32(23)17-19-8-4-9-22(33)26(19)34)20-16-18(7-5-14-35-15-6-13-28)11-12-21(20)30-27(24)29/h9-12,16-17H,3-8,13-15,18,29H2,1-2H3,(H2,30,31)(H2,34,35,36);9-12,16-17,34H,3-8,13-15,18,29H2,1-2H3,(H2,30,31);4,8-9,11-12,16,33-34H,2-3,5-7,10,13-15,17,28H2,1H3,(H2,29,30). The van der Waals surface area contributed by atoms with Gasteiger partial charge in [-0.25, -0.2) is 34.5 Å². The minimum Gasteiger partial charge on any atom is -0.508 e. The highest BCUT2D eigenvalue weighted by molar-refractivity contribution is 7.46. The minimum absolute atomic E-state index is 0.113. The number of ether oxygens (including phenoxy) is 3. The molecule has 17 N–H and O–H groups in total. The number of unbranched alkanes of at least 4 members (excludes halogenated alkanes) is 3. The van der Waals surface area contributed by atoms with E-state index in [9.17, 15) is 29.7 Å². The second kappa shape index (κ2) is 39.7. The number of benzene rings is 6. The summed E-state index contributed by atoms with van der Waals surface area (Å²) in [7, 11) is -4.64. The molecule has 6 aromatic carbocycles. The number of pyridine rings is 3. The number of hydrogen-bond acceptors (Lipinski definition) is 20. The molecule has 109 heavy (non-hydrogen) atoms. The van der Waals surface area contributed by atoms with Crippen molar-refractivity contribution in [1.29, 1.82) is 0 Å². The van der Waals surface area contributed by atoms with Crippen molar-refractivity contribution in [3.63, 3.8) is 0 Å². The number of fused-ring (bicyclic) bond motifs is 9. The summed E-state index contributed by atoms with van der Waals surface area (Å²) >= 11 is 0. The van der Waals surface area contributed by atoms with Gasteiger partial charge in [0, 0.05) is 93.7 Å². The van der Waals surface area contributed by atoms with Crippen LogP contribution in [0.25, 0.3) is 65.8 Å². The Morgan fingerprint density at radius 1 is 0.404 bits per heavy atom. The number of phosphoric acid groups is 1. The number of phosphoric ester groups is 1. The monoisotopic (exact) mass is 1510 g/mol. The minimum atomic E-state index is -4.64. The first-order valence-corrected chi connectivity index (χ1v) is 40.0. The zero-order valence-corrected chi connectivity index (χ0v) is 64.7. The molecule has 0 saturated carbocycles. The van der Waals surface area contributed by atoms with Gasteiger partial charge in [-0.2, -0.15) is 0 Å². The number of aryl methyl sites for hydroxylation is 8. The Morgan fingerprint density at radius 3 is 1.14 bits per heavy atom. The molecule has 0 aliphatic carbocycles. The summed E-state index contributed by atoms with van der Waals surface area (Å²) in [5, 5.41) is 33.6. The number of nitrogens with zero attached hydrogens (tertiary/aromatic N) is 9. The van der Waals surface area contributed by atoms with Gasteiger partial charge in [0.2, 0.25) is 0 Å². The van der Waals surface area contributed by atoms with Gasteiger partial charge >= 0.3 is 7.82 Å². The molecular weight excluding hydrogens is 1400 g/mol. The first kappa shape index (κ1) is 82.0. The van der Waals surface area contributed by atoms with E-state index in [4.69, 9.17) is 68.1 Å². The average molecular weight is 1510 g/mol. The van der Waals surface area contributed by atoms with Crippen LogP contribution in [0.5, 0.6) is 23.0 Å². The lowest BCUT2D eigenvalue weighted by Gasteiger charge is -2.14. The molecule has 6 aromatic heterocycles. The first-order valence-electron chi connectivity index (χ1n) is 38.4. The first-order chi connectivity index (χ1) is 52.7. The van der Waals surface area contributed by atoms with Gasteiger partial charge < -0.3 is 82.2 Å². The molecule has 0 atom stereocenters. The summed E-state index contributed by atoms with van der Waals surface area (Å²) in [6.07, 6.45) is 16.7. The van der Waals surface area contributed by atoms with Gasteiger partial charge in [-0.05, 0) is 204 Å². The van der Waals surface area contributed by atoms with Crippen molar-refractivity contribution in [1.82, 2.24) is 43.6 Å². The lowest BCUT2D eigenvalue weighted by molar-refractivity contribution is 0.131. The van der Waals surface area contributed by atoms with E-state index in [-0.39, 0.29) is 17.2 Å². The van der Waals surface area contributed by atoms with Gasteiger partial charge in [0.1, 0.15) is 45.5 Å². The van der Waals surface area contributed by atoms with Crippen LogP contribution in [0, 0.1) is 13.8 Å². The third-order valence-corrected chi connectivity index (χ3v) is 19.8. The maximum absolute atomic E-state index is 11.3. The summed E-state index contributed by atoms with van der Waals surface area (Å²) in [4.78, 5) is 47.2. The van der Waals surface area contributed by atoms with Crippen molar-refractivity contribution in [2.24, 2.45) is 17.2 Å². The molecule has 0 aliphatic rings. The lowest BCUT2D eigenvalue weighted by Crippen LogP contribution is -2.07. The molecule has 0 saturated heterocycles. The Morgan fingerprint density at radius 2 is 0.771 bits per heavy atom. The van der Waals surface area contributed by atoms with Gasteiger partial charge in [-0.1, -0.05) is 94.6 Å². The van der Waals surface area contributed by atoms with Crippen molar-refractivity contribution in [2.45, 2.75) is 170 Å². The second-order valence-electron chi connectivity index (χ2n) is 28.0. The fourth-order valence-corrected chi connectivity index (χ4v) is 14.1. The number of hydrogen-bond donors (Lipinski definition) is 11. The molecule has 582 valence electrons. The van der Waals surface area contributed by atoms with Gasteiger partial charge in [-0.15, -0.1) is 0 Å². The topological polar surface area (TPSA) is 403 Å². The van der Waals surface area contributed by atoms with Crippen LogP contribution in [-0.4, -0.2) is 128 Å². The number of rotatable bonds is 38. The molecule has 0 radical (unpaired) electrons. The van der Waals surface area contributed by atoms with Crippen LogP contribution < -0.4 is 38.9 Å².